The minimum absolute atomic E-state index is 0.0171. The van der Waals surface area contributed by atoms with E-state index in [-0.39, 0.29) is 44.7 Å². The van der Waals surface area contributed by atoms with E-state index in [1.165, 1.54) is 4.90 Å². The van der Waals surface area contributed by atoms with E-state index in [1.54, 1.807) is 20.0 Å². The highest BCUT2D eigenvalue weighted by Crippen LogP contribution is 2.23. The first-order chi connectivity index (χ1) is 26.6. The number of hydrogen-bond donors (Lipinski definition) is 12. The monoisotopic (exact) mass is 787 g/mol. The van der Waals surface area contributed by atoms with Crippen LogP contribution in [0.3, 0.4) is 0 Å². The van der Waals surface area contributed by atoms with Gasteiger partial charge in [-0.15, -0.1) is 0 Å². The van der Waals surface area contributed by atoms with Gasteiger partial charge in [0.05, 0.1) is 19.8 Å². The second-order valence-electron chi connectivity index (χ2n) is 13.7. The highest BCUT2D eigenvalue weighted by atomic mass is 16.4. The van der Waals surface area contributed by atoms with E-state index in [4.69, 9.17) is 17.2 Å². The molecule has 0 radical (unpaired) electrons. The highest BCUT2D eigenvalue weighted by Gasteiger charge is 2.39. The lowest BCUT2D eigenvalue weighted by Crippen LogP contribution is -2.59. The second-order valence-corrected chi connectivity index (χ2v) is 13.7. The number of likely N-dealkylation sites (tertiary alicyclic amines) is 1. The maximum absolute atomic E-state index is 14.3. The van der Waals surface area contributed by atoms with Crippen molar-refractivity contribution < 1.29 is 48.9 Å². The molecule has 0 unspecified atom stereocenters. The fourth-order valence-electron chi connectivity index (χ4n) is 6.12. The number of para-hydroxylation sites is 1. The fourth-order valence-corrected chi connectivity index (χ4v) is 6.12. The molecule has 2 aromatic rings. The molecule has 0 saturated carbocycles. The maximum atomic E-state index is 14.3. The van der Waals surface area contributed by atoms with Gasteiger partial charge < -0.3 is 69.0 Å². The first-order valence-electron chi connectivity index (χ1n) is 18.2. The molecule has 6 amide bonds. The van der Waals surface area contributed by atoms with Crippen molar-refractivity contribution in [2.24, 2.45) is 28.1 Å². The standard InChI is InChI=1S/C35H53N11O10/c1-18(2)28(34(55)56)45-31(52)25(17-48)42-27(49)15-41-32(53)26-10-6-12-46(26)33(54)24(13-19-14-40-22-8-4-3-7-20(19)22)44-30(51)23(9-5-11-39-35(37)38)43-29(50)21(36)16-47/h3-4,7-8,14,18,21,23-26,28,40,47-48H,5-6,9-13,15-17,36H2,1-2H3,(H,41,53)(H,42,49)(H,43,50)(H,44,51)(H,45,52)(H,55,56)(H4,37,38,39)/t21-,23-,24-,25-,26-,28-/m0/s1. The Morgan fingerprint density at radius 2 is 1.61 bits per heavy atom. The molecule has 15 N–H and O–H groups in total. The molecule has 1 saturated heterocycles. The summed E-state index contributed by atoms with van der Waals surface area (Å²) >= 11 is 0. The molecule has 2 heterocycles. The van der Waals surface area contributed by atoms with Gasteiger partial charge in [0.25, 0.3) is 0 Å². The summed E-state index contributed by atoms with van der Waals surface area (Å²) in [5.74, 6) is -6.60. The first-order valence-corrected chi connectivity index (χ1v) is 18.2. The number of fused-ring (bicyclic) bond motifs is 1. The first kappa shape index (κ1) is 44.6. The summed E-state index contributed by atoms with van der Waals surface area (Å²) in [4.78, 5) is 99.3. The van der Waals surface area contributed by atoms with Gasteiger partial charge in [-0.25, -0.2) is 4.79 Å². The number of amides is 6. The van der Waals surface area contributed by atoms with Crippen molar-refractivity contribution in [2.75, 3.05) is 32.8 Å². The van der Waals surface area contributed by atoms with Gasteiger partial charge in [-0.3, -0.25) is 33.8 Å². The molecule has 1 aliphatic rings. The summed E-state index contributed by atoms with van der Waals surface area (Å²) in [5.41, 5.74) is 17.9. The lowest BCUT2D eigenvalue weighted by molar-refractivity contribution is -0.143. The number of carbonyl (C=O) groups excluding carboxylic acids is 6. The number of aliphatic carboxylic acids is 1. The molecule has 56 heavy (non-hydrogen) atoms. The van der Waals surface area contributed by atoms with Crippen molar-refractivity contribution >= 4 is 58.3 Å². The van der Waals surface area contributed by atoms with Gasteiger partial charge in [0.15, 0.2) is 5.96 Å². The highest BCUT2D eigenvalue weighted by molar-refractivity contribution is 5.97. The molecule has 1 aliphatic heterocycles. The van der Waals surface area contributed by atoms with Crippen molar-refractivity contribution in [1.29, 1.82) is 0 Å². The van der Waals surface area contributed by atoms with Crippen molar-refractivity contribution in [3.05, 3.63) is 36.0 Å². The minimum atomic E-state index is -1.50. The normalized spacial score (nSPS) is 16.5. The third kappa shape index (κ3) is 12.6. The quantitative estimate of drug-likeness (QED) is 0.0325. The summed E-state index contributed by atoms with van der Waals surface area (Å²) in [6.07, 6.45) is 2.61. The Bertz CT molecular complexity index is 1750. The smallest absolute Gasteiger partial charge is 0.326 e. The van der Waals surface area contributed by atoms with Crippen LogP contribution in [-0.4, -0.2) is 142 Å². The lowest BCUT2D eigenvalue weighted by Gasteiger charge is -2.30. The number of nitrogens with zero attached hydrogens (tertiary/aromatic N) is 2. The van der Waals surface area contributed by atoms with Crippen molar-refractivity contribution in [3.63, 3.8) is 0 Å². The number of aromatic amines is 1. The topological polar surface area (TPSA) is 350 Å². The molecule has 21 heteroatoms. The van der Waals surface area contributed by atoms with Crippen molar-refractivity contribution in [2.45, 2.75) is 82.2 Å². The Morgan fingerprint density at radius 1 is 0.929 bits per heavy atom. The van der Waals surface area contributed by atoms with Gasteiger partial charge in [-0.05, 0) is 43.2 Å². The Balaban J connectivity index is 1.78. The van der Waals surface area contributed by atoms with Crippen molar-refractivity contribution in [1.82, 2.24) is 36.5 Å². The van der Waals surface area contributed by atoms with Crippen LogP contribution >= 0.6 is 0 Å². The predicted molar refractivity (Wildman–Crippen MR) is 202 cm³/mol. The van der Waals surface area contributed by atoms with Gasteiger partial charge in [0, 0.05) is 36.6 Å². The number of aliphatic imine (C=N–C) groups is 1. The Labute approximate surface area is 322 Å². The molecular formula is C35H53N11O10. The van der Waals surface area contributed by atoms with Gasteiger partial charge in [-0.2, -0.15) is 0 Å². The number of hydrogen-bond acceptors (Lipinski definition) is 11. The minimum Gasteiger partial charge on any atom is -0.480 e. The average Bonchev–Trinajstić information content (AvgIpc) is 3.82. The number of rotatable bonds is 21. The Hall–Kier alpha value is -5.80. The number of nitrogens with one attached hydrogen (secondary N) is 6. The van der Waals surface area contributed by atoms with E-state index < -0.39 is 103 Å². The summed E-state index contributed by atoms with van der Waals surface area (Å²) < 4.78 is 0. The molecule has 1 aromatic heterocycles. The summed E-state index contributed by atoms with van der Waals surface area (Å²) in [5, 5.41) is 41.4. The van der Waals surface area contributed by atoms with E-state index in [2.05, 4.69) is 36.6 Å². The maximum Gasteiger partial charge on any atom is 0.326 e. The number of H-pyrrole nitrogens is 1. The van der Waals surface area contributed by atoms with Gasteiger partial charge in [0.2, 0.25) is 35.4 Å². The van der Waals surface area contributed by atoms with E-state index in [0.717, 1.165) is 10.9 Å². The number of aliphatic hydroxyl groups excluding tert-OH is 2. The van der Waals surface area contributed by atoms with E-state index in [0.29, 0.717) is 12.0 Å². The van der Waals surface area contributed by atoms with E-state index >= 15 is 0 Å². The number of carbonyl (C=O) groups is 7. The van der Waals surface area contributed by atoms with Crippen LogP contribution in [0.2, 0.25) is 0 Å². The van der Waals surface area contributed by atoms with Crippen LogP contribution in [0.1, 0.15) is 45.1 Å². The van der Waals surface area contributed by atoms with Crippen LogP contribution in [0, 0.1) is 5.92 Å². The van der Waals surface area contributed by atoms with Crippen LogP contribution < -0.4 is 43.8 Å². The Kier molecular flexibility index (Phi) is 17.0. The SMILES string of the molecule is CC(C)[C@H](NC(=O)[C@H](CO)NC(=O)CNC(=O)[C@@H]1CCCN1C(=O)[C@H](Cc1c[nH]c2ccccc12)NC(=O)[C@H](CCCN=C(N)N)NC(=O)[C@@H](N)CO)C(=O)O. The molecule has 6 atom stereocenters. The zero-order chi connectivity index (χ0) is 41.5. The molecule has 0 aliphatic carbocycles. The number of nitrogens with two attached hydrogens (primary N) is 3. The molecule has 308 valence electrons. The van der Waals surface area contributed by atoms with Gasteiger partial charge >= 0.3 is 5.97 Å². The van der Waals surface area contributed by atoms with Crippen LogP contribution in [0.15, 0.2) is 35.5 Å². The molecule has 0 spiro atoms. The number of aliphatic hydroxyl groups is 2. The molecule has 1 fully saturated rings. The third-order valence-electron chi connectivity index (χ3n) is 9.15. The van der Waals surface area contributed by atoms with Crippen LogP contribution in [0.5, 0.6) is 0 Å². The average molecular weight is 788 g/mol. The Morgan fingerprint density at radius 3 is 2.25 bits per heavy atom. The number of benzene rings is 1. The van der Waals surface area contributed by atoms with E-state index in [9.17, 15) is 48.9 Å². The molecule has 3 rings (SSSR count). The predicted octanol–water partition coefficient (Wildman–Crippen LogP) is -4.14. The molecule has 21 nitrogen and oxygen atoms in total. The number of guanidine groups is 1. The number of carboxylic acid groups (broad SMARTS) is 1. The largest absolute Gasteiger partial charge is 0.480 e. The van der Waals surface area contributed by atoms with Crippen LogP contribution in [0.4, 0.5) is 0 Å². The second kappa shape index (κ2) is 21.3. The van der Waals surface area contributed by atoms with Crippen molar-refractivity contribution in [3.8, 4) is 0 Å². The molecule has 1 aromatic carbocycles. The van der Waals surface area contributed by atoms with Crippen LogP contribution in [-0.2, 0) is 40.0 Å². The zero-order valence-electron chi connectivity index (χ0n) is 31.3. The molecule has 0 bridgehead atoms. The number of aromatic nitrogens is 1. The van der Waals surface area contributed by atoms with Gasteiger partial charge in [0.1, 0.15) is 36.3 Å². The third-order valence-corrected chi connectivity index (χ3v) is 9.15. The van der Waals surface area contributed by atoms with Gasteiger partial charge in [-0.1, -0.05) is 32.0 Å². The fraction of sp³-hybridized carbons (Fsp3) is 0.543. The lowest BCUT2D eigenvalue weighted by atomic mass is 10.0. The molecular weight excluding hydrogens is 734 g/mol. The summed E-state index contributed by atoms with van der Waals surface area (Å²) in [6, 6.07) is -0.282. The van der Waals surface area contributed by atoms with Crippen LogP contribution in [0.25, 0.3) is 10.9 Å². The zero-order valence-corrected chi connectivity index (χ0v) is 31.3. The number of carboxylic acids is 1. The summed E-state index contributed by atoms with van der Waals surface area (Å²) in [7, 11) is 0. The van der Waals surface area contributed by atoms with E-state index in [1.807, 2.05) is 24.3 Å². The summed E-state index contributed by atoms with van der Waals surface area (Å²) in [6.45, 7) is 1.25.